The number of amides is 1. The Morgan fingerprint density at radius 1 is 1.67 bits per heavy atom. The van der Waals surface area contributed by atoms with E-state index in [-0.39, 0.29) is 6.29 Å². The van der Waals surface area contributed by atoms with Crippen LogP contribution in [-0.4, -0.2) is 24.9 Å². The van der Waals surface area contributed by atoms with Crippen molar-refractivity contribution in [2.45, 2.75) is 38.6 Å². The van der Waals surface area contributed by atoms with Gasteiger partial charge in [-0.05, 0) is 26.2 Å². The van der Waals surface area contributed by atoms with Crippen LogP contribution >= 0.6 is 0 Å². The molecular formula is C8H15NO3. The number of ether oxygens (including phenoxy) is 2. The average molecular weight is 173 g/mol. The van der Waals surface area contributed by atoms with Gasteiger partial charge >= 0.3 is 0 Å². The molecule has 1 fully saturated rings. The van der Waals surface area contributed by atoms with Crippen molar-refractivity contribution in [2.75, 3.05) is 6.61 Å². The molecule has 0 spiro atoms. The van der Waals surface area contributed by atoms with Gasteiger partial charge < -0.3 is 15.2 Å². The second-order valence-corrected chi connectivity index (χ2v) is 2.98. The topological polar surface area (TPSA) is 61.6 Å². The number of primary amides is 1. The van der Waals surface area contributed by atoms with Gasteiger partial charge in [0.25, 0.3) is 0 Å². The van der Waals surface area contributed by atoms with Gasteiger partial charge in [-0.3, -0.25) is 4.79 Å². The second-order valence-electron chi connectivity index (χ2n) is 2.98. The van der Waals surface area contributed by atoms with Gasteiger partial charge in [0, 0.05) is 6.61 Å². The van der Waals surface area contributed by atoms with E-state index in [1.54, 1.807) is 6.92 Å². The molecule has 1 aliphatic rings. The summed E-state index contributed by atoms with van der Waals surface area (Å²) in [5.41, 5.74) is 5.03. The molecule has 0 aliphatic carbocycles. The molecule has 0 saturated carbocycles. The minimum absolute atomic E-state index is 0.235. The fraction of sp³-hybridized carbons (Fsp3) is 0.875. The number of carbonyl (C=O) groups is 1. The highest BCUT2D eigenvalue weighted by Gasteiger charge is 2.19. The minimum atomic E-state index is -0.548. The molecule has 0 radical (unpaired) electrons. The Morgan fingerprint density at radius 3 is 2.92 bits per heavy atom. The van der Waals surface area contributed by atoms with Crippen LogP contribution in [-0.2, 0) is 14.3 Å². The van der Waals surface area contributed by atoms with Gasteiger partial charge in [0.15, 0.2) is 6.29 Å². The van der Waals surface area contributed by atoms with E-state index in [0.29, 0.717) is 0 Å². The summed E-state index contributed by atoms with van der Waals surface area (Å²) in [7, 11) is 0. The van der Waals surface area contributed by atoms with Gasteiger partial charge in [0.05, 0.1) is 0 Å². The highest BCUT2D eigenvalue weighted by atomic mass is 16.7. The molecule has 1 rings (SSSR count). The van der Waals surface area contributed by atoms with Crippen LogP contribution in [0.15, 0.2) is 0 Å². The third-order valence-corrected chi connectivity index (χ3v) is 1.89. The maximum absolute atomic E-state index is 10.6. The Hall–Kier alpha value is -0.610. The zero-order valence-electron chi connectivity index (χ0n) is 7.29. The van der Waals surface area contributed by atoms with Crippen molar-refractivity contribution in [1.29, 1.82) is 0 Å². The normalized spacial score (nSPS) is 26.6. The van der Waals surface area contributed by atoms with Crippen LogP contribution in [0, 0.1) is 0 Å². The van der Waals surface area contributed by atoms with Gasteiger partial charge in [0.1, 0.15) is 6.10 Å². The molecule has 4 nitrogen and oxygen atoms in total. The molecule has 1 aliphatic heterocycles. The van der Waals surface area contributed by atoms with Crippen LogP contribution in [0.5, 0.6) is 0 Å². The van der Waals surface area contributed by atoms with E-state index in [0.717, 1.165) is 25.9 Å². The summed E-state index contributed by atoms with van der Waals surface area (Å²) in [6, 6.07) is 0. The van der Waals surface area contributed by atoms with Crippen molar-refractivity contribution >= 4 is 5.91 Å². The molecule has 0 aromatic carbocycles. The van der Waals surface area contributed by atoms with Gasteiger partial charge in [-0.1, -0.05) is 0 Å². The predicted molar refractivity (Wildman–Crippen MR) is 43.3 cm³/mol. The van der Waals surface area contributed by atoms with Crippen molar-refractivity contribution < 1.29 is 14.3 Å². The molecule has 70 valence electrons. The number of hydrogen-bond acceptors (Lipinski definition) is 3. The SMILES string of the molecule is CC(OC1CCCCO1)C(N)=O. The first-order chi connectivity index (χ1) is 5.70. The molecule has 2 atom stereocenters. The lowest BCUT2D eigenvalue weighted by atomic mass is 10.2. The van der Waals surface area contributed by atoms with E-state index in [1.165, 1.54) is 0 Å². The molecule has 0 aromatic rings. The molecule has 1 saturated heterocycles. The van der Waals surface area contributed by atoms with Gasteiger partial charge in [-0.25, -0.2) is 0 Å². The van der Waals surface area contributed by atoms with E-state index in [2.05, 4.69) is 0 Å². The molecular weight excluding hydrogens is 158 g/mol. The predicted octanol–water partition coefficient (Wildman–Crippen LogP) is 0.403. The van der Waals surface area contributed by atoms with Crippen LogP contribution < -0.4 is 5.73 Å². The summed E-state index contributed by atoms with van der Waals surface area (Å²) in [6.45, 7) is 2.36. The Bertz CT molecular complexity index is 154. The summed E-state index contributed by atoms with van der Waals surface area (Å²) in [5.74, 6) is -0.441. The highest BCUT2D eigenvalue weighted by Crippen LogP contribution is 2.14. The minimum Gasteiger partial charge on any atom is -0.367 e. The standard InChI is InChI=1S/C8H15NO3/c1-6(8(9)10)12-7-4-2-3-5-11-7/h6-7H,2-5H2,1H3,(H2,9,10). The fourth-order valence-electron chi connectivity index (χ4n) is 1.11. The highest BCUT2D eigenvalue weighted by molar-refractivity contribution is 5.78. The molecule has 12 heavy (non-hydrogen) atoms. The average Bonchev–Trinajstić information content (AvgIpc) is 2.06. The van der Waals surface area contributed by atoms with Crippen LogP contribution in [0.1, 0.15) is 26.2 Å². The first kappa shape index (κ1) is 9.48. The molecule has 0 bridgehead atoms. The van der Waals surface area contributed by atoms with E-state index < -0.39 is 12.0 Å². The third-order valence-electron chi connectivity index (χ3n) is 1.89. The summed E-state index contributed by atoms with van der Waals surface area (Å²) >= 11 is 0. The molecule has 2 N–H and O–H groups in total. The van der Waals surface area contributed by atoms with Crippen LogP contribution in [0.2, 0.25) is 0 Å². The van der Waals surface area contributed by atoms with Crippen LogP contribution in [0.4, 0.5) is 0 Å². The summed E-state index contributed by atoms with van der Waals surface area (Å²) in [4.78, 5) is 10.6. The van der Waals surface area contributed by atoms with E-state index in [9.17, 15) is 4.79 Å². The van der Waals surface area contributed by atoms with Crippen LogP contribution in [0.25, 0.3) is 0 Å². The smallest absolute Gasteiger partial charge is 0.246 e. The lowest BCUT2D eigenvalue weighted by Crippen LogP contribution is -2.34. The second kappa shape index (κ2) is 4.42. The van der Waals surface area contributed by atoms with Gasteiger partial charge in [0.2, 0.25) is 5.91 Å². The van der Waals surface area contributed by atoms with Crippen molar-refractivity contribution in [3.05, 3.63) is 0 Å². The largest absolute Gasteiger partial charge is 0.367 e. The zero-order valence-corrected chi connectivity index (χ0v) is 7.29. The summed E-state index contributed by atoms with van der Waals surface area (Å²) in [6.07, 6.45) is 2.24. The third kappa shape index (κ3) is 2.79. The van der Waals surface area contributed by atoms with Crippen molar-refractivity contribution in [2.24, 2.45) is 5.73 Å². The molecule has 1 amide bonds. The van der Waals surface area contributed by atoms with E-state index in [4.69, 9.17) is 15.2 Å². The first-order valence-corrected chi connectivity index (χ1v) is 4.26. The van der Waals surface area contributed by atoms with Crippen molar-refractivity contribution in [1.82, 2.24) is 0 Å². The fourth-order valence-corrected chi connectivity index (χ4v) is 1.11. The Labute approximate surface area is 72.0 Å². The van der Waals surface area contributed by atoms with Gasteiger partial charge in [-0.15, -0.1) is 0 Å². The Balaban J connectivity index is 2.24. The van der Waals surface area contributed by atoms with Crippen molar-refractivity contribution in [3.63, 3.8) is 0 Å². The Morgan fingerprint density at radius 2 is 2.42 bits per heavy atom. The van der Waals surface area contributed by atoms with E-state index in [1.807, 2.05) is 0 Å². The quantitative estimate of drug-likeness (QED) is 0.672. The maximum Gasteiger partial charge on any atom is 0.246 e. The lowest BCUT2D eigenvalue weighted by Gasteiger charge is -2.24. The molecule has 1 heterocycles. The molecule has 2 unspecified atom stereocenters. The number of rotatable bonds is 3. The van der Waals surface area contributed by atoms with Gasteiger partial charge in [-0.2, -0.15) is 0 Å². The molecule has 0 aromatic heterocycles. The number of nitrogens with two attached hydrogens (primary N) is 1. The Kier molecular flexibility index (Phi) is 3.49. The monoisotopic (exact) mass is 173 g/mol. The lowest BCUT2D eigenvalue weighted by molar-refractivity contribution is -0.187. The number of carbonyl (C=O) groups excluding carboxylic acids is 1. The molecule has 4 heteroatoms. The maximum atomic E-state index is 10.6. The van der Waals surface area contributed by atoms with E-state index >= 15 is 0 Å². The van der Waals surface area contributed by atoms with Crippen LogP contribution in [0.3, 0.4) is 0 Å². The first-order valence-electron chi connectivity index (χ1n) is 4.26. The summed E-state index contributed by atoms with van der Waals surface area (Å²) in [5, 5.41) is 0. The number of hydrogen-bond donors (Lipinski definition) is 1. The van der Waals surface area contributed by atoms with Crippen molar-refractivity contribution in [3.8, 4) is 0 Å². The summed E-state index contributed by atoms with van der Waals surface area (Å²) < 4.78 is 10.5. The zero-order chi connectivity index (χ0) is 8.97.